The third-order valence-corrected chi connectivity index (χ3v) is 14.1. The number of phosphoric acid groups is 1. The Bertz CT molecular complexity index is 1190. The number of rotatable bonds is 53. The van der Waals surface area contributed by atoms with Gasteiger partial charge in [-0.25, -0.2) is 4.57 Å². The van der Waals surface area contributed by atoms with E-state index in [4.69, 9.17) is 9.05 Å². The highest BCUT2D eigenvalue weighted by Crippen LogP contribution is 2.43. The number of likely N-dealkylation sites (N-methyl/N-ethyl adjacent to an activating group) is 1. The van der Waals surface area contributed by atoms with E-state index in [1.54, 1.807) is 6.08 Å². The number of phosphoric ester groups is 1. The Labute approximate surface area is 417 Å². The number of nitrogens with zero attached hydrogens (tertiary/aromatic N) is 1. The summed E-state index contributed by atoms with van der Waals surface area (Å²) in [6.45, 7) is 4.82. The fourth-order valence-corrected chi connectivity index (χ4v) is 9.28. The molecule has 0 saturated heterocycles. The molecule has 67 heavy (non-hydrogen) atoms. The number of aliphatic hydroxyl groups is 1. The van der Waals surface area contributed by atoms with Crippen LogP contribution in [0.1, 0.15) is 277 Å². The van der Waals surface area contributed by atoms with Crippen LogP contribution in [-0.4, -0.2) is 73.4 Å². The Hall–Kier alpha value is -1.28. The number of carbonyl (C=O) groups is 1. The summed E-state index contributed by atoms with van der Waals surface area (Å²) in [4.78, 5) is 23.3. The Morgan fingerprint density at radius 3 is 1.24 bits per heavy atom. The maximum atomic E-state index is 13.0. The van der Waals surface area contributed by atoms with Gasteiger partial charge in [-0.15, -0.1) is 0 Å². The summed E-state index contributed by atoms with van der Waals surface area (Å²) in [7, 11) is 1.57. The maximum absolute atomic E-state index is 13.0. The first-order valence-corrected chi connectivity index (χ1v) is 30.4. The second-order valence-electron chi connectivity index (χ2n) is 21.0. The molecular formula is C58H114N2O6P+. The summed E-state index contributed by atoms with van der Waals surface area (Å²) >= 11 is 0. The predicted octanol–water partition coefficient (Wildman–Crippen LogP) is 17.4. The molecule has 0 fully saturated rings. The van der Waals surface area contributed by atoms with Crippen molar-refractivity contribution in [1.29, 1.82) is 0 Å². The van der Waals surface area contributed by atoms with Gasteiger partial charge in [-0.1, -0.05) is 256 Å². The van der Waals surface area contributed by atoms with Crippen LogP contribution in [0.2, 0.25) is 0 Å². The Kier molecular flexibility index (Phi) is 48.7. The van der Waals surface area contributed by atoms with E-state index in [1.165, 1.54) is 205 Å². The average molecular weight is 967 g/mol. The summed E-state index contributed by atoms with van der Waals surface area (Å²) in [5.74, 6) is -0.182. The quantitative estimate of drug-likeness (QED) is 0.0243. The summed E-state index contributed by atoms with van der Waals surface area (Å²) in [6, 6.07) is -0.851. The molecule has 8 nitrogen and oxygen atoms in total. The van der Waals surface area contributed by atoms with Gasteiger partial charge in [0.25, 0.3) is 0 Å². The Morgan fingerprint density at radius 2 is 0.851 bits per heavy atom. The second kappa shape index (κ2) is 49.7. The van der Waals surface area contributed by atoms with Crippen molar-refractivity contribution in [3.8, 4) is 0 Å². The van der Waals surface area contributed by atoms with Gasteiger partial charge in [0.05, 0.1) is 39.9 Å². The van der Waals surface area contributed by atoms with Crippen LogP contribution in [0.15, 0.2) is 36.5 Å². The molecule has 0 aliphatic rings. The highest BCUT2D eigenvalue weighted by atomic mass is 31.2. The molecule has 0 aliphatic carbocycles. The predicted molar refractivity (Wildman–Crippen MR) is 291 cm³/mol. The highest BCUT2D eigenvalue weighted by molar-refractivity contribution is 7.47. The van der Waals surface area contributed by atoms with Crippen LogP contribution in [0.3, 0.4) is 0 Å². The number of quaternary nitrogens is 1. The number of carbonyl (C=O) groups excluding carboxylic acids is 1. The van der Waals surface area contributed by atoms with E-state index < -0.39 is 20.0 Å². The van der Waals surface area contributed by atoms with Crippen molar-refractivity contribution in [2.45, 2.75) is 289 Å². The van der Waals surface area contributed by atoms with E-state index in [-0.39, 0.29) is 19.1 Å². The lowest BCUT2D eigenvalue weighted by Crippen LogP contribution is -2.45. The molecule has 0 saturated carbocycles. The third-order valence-electron chi connectivity index (χ3n) is 13.1. The summed E-state index contributed by atoms with van der Waals surface area (Å²) in [5.41, 5.74) is 0. The standard InChI is InChI=1S/C58H113N2O6P/c1-6-8-10-12-14-16-18-20-22-24-26-27-28-29-30-31-32-33-34-35-37-39-41-43-45-47-49-51-57(61)56(55-66-67(63,64)65-54-53-60(3,4)5)59-58(62)52-50-48-46-44-42-40-38-36-25-23-21-19-17-15-13-11-9-7-2/h17,19,23,25,49,51,56-57,61H,6-16,18,20-22,24,26-48,50,52-55H2,1-5H3,(H-,59,62,63,64)/p+1/b19-17-,25-23-,51-49+. The van der Waals surface area contributed by atoms with Crippen LogP contribution in [0.25, 0.3) is 0 Å². The van der Waals surface area contributed by atoms with Gasteiger partial charge < -0.3 is 19.8 Å². The fraction of sp³-hybridized carbons (Fsp3) is 0.879. The minimum absolute atomic E-state index is 0.0601. The third kappa shape index (κ3) is 52.4. The van der Waals surface area contributed by atoms with Gasteiger partial charge >= 0.3 is 7.82 Å². The summed E-state index contributed by atoms with van der Waals surface area (Å²) in [6.07, 6.45) is 63.9. The van der Waals surface area contributed by atoms with Gasteiger partial charge in [0.1, 0.15) is 13.2 Å². The molecule has 3 N–H and O–H groups in total. The number of nitrogens with one attached hydrogen (secondary N) is 1. The van der Waals surface area contributed by atoms with E-state index in [2.05, 4.69) is 43.5 Å². The maximum Gasteiger partial charge on any atom is 0.472 e. The van der Waals surface area contributed by atoms with Crippen molar-refractivity contribution in [2.24, 2.45) is 0 Å². The van der Waals surface area contributed by atoms with Crippen molar-refractivity contribution in [2.75, 3.05) is 40.9 Å². The molecule has 3 unspecified atom stereocenters. The Morgan fingerprint density at radius 1 is 0.507 bits per heavy atom. The molecular weight excluding hydrogens is 852 g/mol. The van der Waals surface area contributed by atoms with Crippen molar-refractivity contribution in [3.63, 3.8) is 0 Å². The first kappa shape index (κ1) is 65.7. The lowest BCUT2D eigenvalue weighted by molar-refractivity contribution is -0.870. The van der Waals surface area contributed by atoms with Crippen LogP contribution in [0.5, 0.6) is 0 Å². The van der Waals surface area contributed by atoms with Gasteiger partial charge in [0.2, 0.25) is 5.91 Å². The van der Waals surface area contributed by atoms with E-state index in [0.29, 0.717) is 17.4 Å². The molecule has 0 bridgehead atoms. The molecule has 396 valence electrons. The van der Waals surface area contributed by atoms with E-state index in [0.717, 1.165) is 51.4 Å². The van der Waals surface area contributed by atoms with Crippen LogP contribution in [0.4, 0.5) is 0 Å². The molecule has 9 heteroatoms. The fourth-order valence-electron chi connectivity index (χ4n) is 8.54. The lowest BCUT2D eigenvalue weighted by atomic mass is 10.0. The highest BCUT2D eigenvalue weighted by Gasteiger charge is 2.27. The molecule has 3 atom stereocenters. The minimum atomic E-state index is -4.35. The van der Waals surface area contributed by atoms with Crippen molar-refractivity contribution >= 4 is 13.7 Å². The zero-order valence-electron chi connectivity index (χ0n) is 45.2. The number of hydrogen-bond donors (Lipinski definition) is 3. The van der Waals surface area contributed by atoms with Gasteiger partial charge in [0, 0.05) is 6.42 Å². The van der Waals surface area contributed by atoms with Crippen molar-refractivity contribution < 1.29 is 32.9 Å². The zero-order valence-corrected chi connectivity index (χ0v) is 46.0. The van der Waals surface area contributed by atoms with E-state index in [1.807, 2.05) is 27.2 Å². The van der Waals surface area contributed by atoms with Gasteiger partial charge in [-0.05, 0) is 51.4 Å². The number of unbranched alkanes of at least 4 members (excludes halogenated alkanes) is 36. The molecule has 0 aromatic heterocycles. The van der Waals surface area contributed by atoms with Crippen LogP contribution in [0, 0.1) is 0 Å². The molecule has 0 rings (SSSR count). The first-order valence-electron chi connectivity index (χ1n) is 28.9. The van der Waals surface area contributed by atoms with Crippen LogP contribution in [-0.2, 0) is 18.4 Å². The largest absolute Gasteiger partial charge is 0.472 e. The van der Waals surface area contributed by atoms with Crippen LogP contribution >= 0.6 is 7.82 Å². The molecule has 0 aromatic rings. The molecule has 0 aromatic carbocycles. The molecule has 0 heterocycles. The summed E-state index contributed by atoms with van der Waals surface area (Å²) in [5, 5.41) is 13.9. The Balaban J connectivity index is 4.19. The number of hydrogen-bond acceptors (Lipinski definition) is 5. The normalized spacial score (nSPS) is 14.2. The van der Waals surface area contributed by atoms with E-state index in [9.17, 15) is 19.4 Å². The lowest BCUT2D eigenvalue weighted by Gasteiger charge is -2.25. The van der Waals surface area contributed by atoms with Gasteiger partial charge in [0.15, 0.2) is 0 Å². The van der Waals surface area contributed by atoms with Crippen molar-refractivity contribution in [1.82, 2.24) is 5.32 Å². The van der Waals surface area contributed by atoms with Crippen molar-refractivity contribution in [3.05, 3.63) is 36.5 Å². The topological polar surface area (TPSA) is 105 Å². The first-order chi connectivity index (χ1) is 32.5. The van der Waals surface area contributed by atoms with E-state index >= 15 is 0 Å². The SMILES string of the molecule is CCCCCC/C=C\C/C=C\CCCCCCCCCC(=O)NC(COP(=O)(O)OCC[N+](C)(C)C)C(O)/C=C/CCCCCCCCCCCCCCCCCCCCCCCCCCC. The summed E-state index contributed by atoms with van der Waals surface area (Å²) < 4.78 is 23.7. The smallest absolute Gasteiger partial charge is 0.387 e. The zero-order chi connectivity index (χ0) is 49.2. The monoisotopic (exact) mass is 966 g/mol. The van der Waals surface area contributed by atoms with Gasteiger partial charge in [-0.2, -0.15) is 0 Å². The minimum Gasteiger partial charge on any atom is -0.387 e. The molecule has 0 spiro atoms. The average Bonchev–Trinajstić information content (AvgIpc) is 3.29. The second-order valence-corrected chi connectivity index (χ2v) is 22.5. The van der Waals surface area contributed by atoms with Gasteiger partial charge in [-0.3, -0.25) is 13.8 Å². The number of allylic oxidation sites excluding steroid dienone is 5. The van der Waals surface area contributed by atoms with Crippen LogP contribution < -0.4 is 5.32 Å². The number of aliphatic hydroxyl groups excluding tert-OH is 1. The molecule has 1 amide bonds. The molecule has 0 aliphatic heterocycles. The molecule has 0 radical (unpaired) electrons. The number of amides is 1.